The van der Waals surface area contributed by atoms with Crippen LogP contribution in [-0.2, 0) is 6.54 Å². The van der Waals surface area contributed by atoms with Gasteiger partial charge in [-0.1, -0.05) is 12.1 Å². The van der Waals surface area contributed by atoms with E-state index in [9.17, 15) is 4.79 Å². The highest BCUT2D eigenvalue weighted by molar-refractivity contribution is 9.10. The Morgan fingerprint density at radius 3 is 2.63 bits per heavy atom. The number of methoxy groups -OCH3 is 1. The van der Waals surface area contributed by atoms with Crippen LogP contribution in [0.5, 0.6) is 17.4 Å². The number of nitrogens with zero attached hydrogens (tertiary/aromatic N) is 5. The van der Waals surface area contributed by atoms with Crippen molar-refractivity contribution in [3.8, 4) is 17.4 Å². The molecule has 9 nitrogen and oxygen atoms in total. The topological polar surface area (TPSA) is 83.1 Å². The fourth-order valence-corrected chi connectivity index (χ4v) is 5.87. The third-order valence-electron chi connectivity index (χ3n) is 7.90. The van der Waals surface area contributed by atoms with Crippen LogP contribution < -0.4 is 19.7 Å². The fraction of sp³-hybridized carbons (Fsp3) is 0.393. The summed E-state index contributed by atoms with van der Waals surface area (Å²) in [6.07, 6.45) is 4.15. The van der Waals surface area contributed by atoms with Crippen molar-refractivity contribution in [1.29, 1.82) is 0 Å². The normalized spacial score (nSPS) is 18.4. The van der Waals surface area contributed by atoms with E-state index < -0.39 is 0 Å². The highest BCUT2D eigenvalue weighted by Gasteiger charge is 2.44. The Bertz CT molecular complexity index is 1380. The molecule has 2 fully saturated rings. The van der Waals surface area contributed by atoms with Gasteiger partial charge in [-0.25, -0.2) is 4.98 Å². The van der Waals surface area contributed by atoms with Crippen LogP contribution in [0.2, 0.25) is 0 Å². The van der Waals surface area contributed by atoms with E-state index in [1.54, 1.807) is 31.3 Å². The van der Waals surface area contributed by atoms with Gasteiger partial charge in [0.1, 0.15) is 11.5 Å². The summed E-state index contributed by atoms with van der Waals surface area (Å²) in [6.45, 7) is 5.11. The molecule has 2 saturated heterocycles. The van der Waals surface area contributed by atoms with Gasteiger partial charge in [-0.3, -0.25) is 4.79 Å². The lowest BCUT2D eigenvalue weighted by atomic mass is 9.72. The number of anilines is 3. The number of amides is 1. The largest absolute Gasteiger partial charge is 0.494 e. The summed E-state index contributed by atoms with van der Waals surface area (Å²) < 4.78 is 12.4. The minimum atomic E-state index is -0.0621. The molecule has 38 heavy (non-hydrogen) atoms. The number of hydrogen-bond acceptors (Lipinski definition) is 8. The van der Waals surface area contributed by atoms with E-state index in [-0.39, 0.29) is 5.91 Å². The summed E-state index contributed by atoms with van der Waals surface area (Å²) in [5.41, 5.74) is 3.88. The Kier molecular flexibility index (Phi) is 6.39. The number of nitrogens with one attached hydrogen (secondary N) is 1. The first kappa shape index (κ1) is 24.9. The van der Waals surface area contributed by atoms with Crippen molar-refractivity contribution in [2.75, 3.05) is 57.6 Å². The number of fused-ring (bicyclic) bond motifs is 1. The smallest absolute Gasteiger partial charge is 0.258 e. The first-order valence-electron chi connectivity index (χ1n) is 12.8. The van der Waals surface area contributed by atoms with Crippen LogP contribution in [0.4, 0.5) is 17.3 Å². The second kappa shape index (κ2) is 9.74. The fourth-order valence-electron chi connectivity index (χ4n) is 5.60. The van der Waals surface area contributed by atoms with Gasteiger partial charge in [0.15, 0.2) is 0 Å². The van der Waals surface area contributed by atoms with Crippen molar-refractivity contribution in [2.45, 2.75) is 19.4 Å². The molecule has 0 bridgehead atoms. The van der Waals surface area contributed by atoms with E-state index in [0.29, 0.717) is 39.6 Å². The maximum absolute atomic E-state index is 12.6. The third-order valence-corrected chi connectivity index (χ3v) is 8.44. The van der Waals surface area contributed by atoms with Crippen LogP contribution in [0.25, 0.3) is 0 Å². The molecule has 4 heterocycles. The van der Waals surface area contributed by atoms with E-state index in [4.69, 9.17) is 9.47 Å². The van der Waals surface area contributed by atoms with Crippen LogP contribution in [0.15, 0.2) is 47.1 Å². The molecule has 0 atom stereocenters. The molecule has 0 aliphatic carbocycles. The molecule has 1 N–H and O–H groups in total. The summed E-state index contributed by atoms with van der Waals surface area (Å²) in [5.74, 6) is 1.81. The van der Waals surface area contributed by atoms with Crippen LogP contribution >= 0.6 is 15.9 Å². The number of carbonyl (C=O) groups is 1. The second-order valence-electron chi connectivity index (χ2n) is 10.6. The standard InChI is InChI=1S/C28H31BrN6O3/c1-33-11-9-28(10-12-33)16-35(17-28)19-7-8-21(23(13-19)37-3)31-27-30-14-20(29)25(32-27)38-22-6-4-5-18-15-34(2)26(36)24(18)22/h4-8,13-14H,9-12,15-17H2,1-3H3,(H,30,31,32). The van der Waals surface area contributed by atoms with Crippen molar-refractivity contribution in [3.63, 3.8) is 0 Å². The van der Waals surface area contributed by atoms with Gasteiger partial charge in [-0.2, -0.15) is 4.98 Å². The van der Waals surface area contributed by atoms with Gasteiger partial charge in [0, 0.05) is 43.9 Å². The highest BCUT2D eigenvalue weighted by atomic mass is 79.9. The van der Waals surface area contributed by atoms with Crippen molar-refractivity contribution < 1.29 is 14.3 Å². The number of aromatic nitrogens is 2. The molecule has 0 radical (unpaired) electrons. The summed E-state index contributed by atoms with van der Waals surface area (Å²) >= 11 is 3.48. The van der Waals surface area contributed by atoms with Crippen LogP contribution in [0.1, 0.15) is 28.8 Å². The Hall–Kier alpha value is -3.37. The molecule has 1 aromatic heterocycles. The Morgan fingerprint density at radius 2 is 1.87 bits per heavy atom. The lowest BCUT2D eigenvalue weighted by Crippen LogP contribution is -2.60. The summed E-state index contributed by atoms with van der Waals surface area (Å²) in [5, 5.41) is 3.26. The zero-order valence-corrected chi connectivity index (χ0v) is 23.4. The number of hydrogen-bond donors (Lipinski definition) is 1. The minimum Gasteiger partial charge on any atom is -0.494 e. The van der Waals surface area contributed by atoms with Gasteiger partial charge < -0.3 is 29.5 Å². The van der Waals surface area contributed by atoms with Gasteiger partial charge in [0.2, 0.25) is 11.8 Å². The average molecular weight is 579 g/mol. The van der Waals surface area contributed by atoms with Crippen LogP contribution in [-0.4, -0.2) is 73.1 Å². The highest BCUT2D eigenvalue weighted by Crippen LogP contribution is 2.44. The SMILES string of the molecule is COc1cc(N2CC3(CCN(C)CC3)C2)ccc1Nc1ncc(Br)c(Oc2cccc3c2C(=O)N(C)C3)n1. The van der Waals surface area contributed by atoms with Gasteiger partial charge >= 0.3 is 0 Å². The van der Waals surface area contributed by atoms with Crippen LogP contribution in [0, 0.1) is 5.41 Å². The molecule has 2 aromatic carbocycles. The number of ether oxygens (including phenoxy) is 2. The van der Waals surface area contributed by atoms with Gasteiger partial charge in [0.25, 0.3) is 5.91 Å². The molecule has 10 heteroatoms. The second-order valence-corrected chi connectivity index (χ2v) is 11.4. The van der Waals surface area contributed by atoms with E-state index in [0.717, 1.165) is 35.8 Å². The molecule has 0 saturated carbocycles. The Balaban J connectivity index is 1.18. The first-order valence-corrected chi connectivity index (χ1v) is 13.6. The zero-order valence-electron chi connectivity index (χ0n) is 21.8. The molecule has 1 amide bonds. The Labute approximate surface area is 230 Å². The van der Waals surface area contributed by atoms with Crippen molar-refractivity contribution in [1.82, 2.24) is 19.8 Å². The van der Waals surface area contributed by atoms with Crippen molar-refractivity contribution in [2.24, 2.45) is 5.41 Å². The monoisotopic (exact) mass is 578 g/mol. The molecule has 3 aliphatic rings. The molecule has 3 aromatic rings. The number of piperidine rings is 1. The average Bonchev–Trinajstić information content (AvgIpc) is 3.19. The molecular weight excluding hydrogens is 548 g/mol. The summed E-state index contributed by atoms with van der Waals surface area (Å²) in [4.78, 5) is 28.1. The van der Waals surface area contributed by atoms with Crippen molar-refractivity contribution >= 4 is 39.2 Å². The summed E-state index contributed by atoms with van der Waals surface area (Å²) in [6, 6.07) is 11.8. The number of halogens is 1. The van der Waals surface area contributed by atoms with E-state index >= 15 is 0 Å². The predicted octanol–water partition coefficient (Wildman–Crippen LogP) is 4.90. The molecule has 3 aliphatic heterocycles. The Morgan fingerprint density at radius 1 is 1.08 bits per heavy atom. The maximum atomic E-state index is 12.6. The third kappa shape index (κ3) is 4.56. The lowest BCUT2D eigenvalue weighted by molar-refractivity contribution is 0.0814. The van der Waals surface area contributed by atoms with E-state index in [1.807, 2.05) is 18.2 Å². The molecule has 198 valence electrons. The van der Waals surface area contributed by atoms with E-state index in [1.165, 1.54) is 25.9 Å². The molecule has 0 unspecified atom stereocenters. The number of rotatable bonds is 6. The predicted molar refractivity (Wildman–Crippen MR) is 150 cm³/mol. The zero-order chi connectivity index (χ0) is 26.4. The van der Waals surface area contributed by atoms with Gasteiger partial charge in [0.05, 0.1) is 29.0 Å². The van der Waals surface area contributed by atoms with Crippen molar-refractivity contribution in [3.05, 3.63) is 58.2 Å². The van der Waals surface area contributed by atoms with Gasteiger partial charge in [-0.15, -0.1) is 0 Å². The molecule has 6 rings (SSSR count). The van der Waals surface area contributed by atoms with E-state index in [2.05, 4.69) is 60.2 Å². The lowest BCUT2D eigenvalue weighted by Gasteiger charge is -2.54. The van der Waals surface area contributed by atoms with Gasteiger partial charge in [-0.05, 0) is 72.7 Å². The minimum absolute atomic E-state index is 0.0621. The number of likely N-dealkylation sites (tertiary alicyclic amines) is 1. The van der Waals surface area contributed by atoms with Crippen LogP contribution in [0.3, 0.4) is 0 Å². The summed E-state index contributed by atoms with van der Waals surface area (Å²) in [7, 11) is 5.65. The first-order chi connectivity index (χ1) is 18.3. The molecular formula is C28H31BrN6O3. The number of benzene rings is 2. The molecule has 1 spiro atoms. The number of carbonyl (C=O) groups excluding carboxylic acids is 1. The maximum Gasteiger partial charge on any atom is 0.258 e. The quantitative estimate of drug-likeness (QED) is 0.442.